The van der Waals surface area contributed by atoms with E-state index in [-0.39, 0.29) is 35.1 Å². The number of carbonyl (C=O) groups excluding carboxylic acids is 1. The zero-order chi connectivity index (χ0) is 22.8. The third-order valence-electron chi connectivity index (χ3n) is 5.77. The van der Waals surface area contributed by atoms with Crippen LogP contribution in [0.1, 0.15) is 47.7 Å². The lowest BCUT2D eigenvalue weighted by molar-refractivity contribution is -0.134. The van der Waals surface area contributed by atoms with Crippen molar-refractivity contribution >= 4 is 17.0 Å². The fourth-order valence-corrected chi connectivity index (χ4v) is 4.10. The van der Waals surface area contributed by atoms with Crippen molar-refractivity contribution in [3.63, 3.8) is 0 Å². The van der Waals surface area contributed by atoms with E-state index in [9.17, 15) is 13.6 Å². The Morgan fingerprint density at radius 2 is 2.09 bits per heavy atom. The second-order valence-electron chi connectivity index (χ2n) is 8.01. The van der Waals surface area contributed by atoms with Crippen molar-refractivity contribution in [3.05, 3.63) is 46.8 Å². The molecule has 3 aromatic rings. The molecule has 0 radical (unpaired) electrons. The molecule has 1 fully saturated rings. The quantitative estimate of drug-likeness (QED) is 0.553. The van der Waals surface area contributed by atoms with Crippen LogP contribution in [-0.2, 0) is 4.79 Å². The van der Waals surface area contributed by atoms with E-state index in [0.717, 1.165) is 18.4 Å². The van der Waals surface area contributed by atoms with Crippen LogP contribution in [0.4, 0.5) is 8.78 Å². The molecule has 2 aromatic heterocycles. The van der Waals surface area contributed by atoms with Gasteiger partial charge in [0.15, 0.2) is 18.1 Å². The minimum atomic E-state index is -2.67. The predicted molar refractivity (Wildman–Crippen MR) is 113 cm³/mol. The molecule has 0 bridgehead atoms. The molecule has 0 aliphatic carbocycles. The highest BCUT2D eigenvalue weighted by molar-refractivity contribution is 5.80. The lowest BCUT2D eigenvalue weighted by Crippen LogP contribution is -2.41. The van der Waals surface area contributed by atoms with Crippen LogP contribution in [0.3, 0.4) is 0 Å². The Labute approximate surface area is 184 Å². The maximum Gasteiger partial charge on any atom is 0.264 e. The zero-order valence-corrected chi connectivity index (χ0v) is 18.2. The summed E-state index contributed by atoms with van der Waals surface area (Å²) in [4.78, 5) is 18.9. The van der Waals surface area contributed by atoms with Gasteiger partial charge in [0.25, 0.3) is 18.0 Å². The van der Waals surface area contributed by atoms with E-state index in [1.54, 1.807) is 25.0 Å². The largest absolute Gasteiger partial charge is 0.493 e. The average molecular weight is 445 g/mol. The number of fused-ring (bicyclic) bond motifs is 1. The van der Waals surface area contributed by atoms with Gasteiger partial charge in [-0.05, 0) is 50.5 Å². The second-order valence-corrected chi connectivity index (χ2v) is 8.01. The van der Waals surface area contributed by atoms with Crippen LogP contribution in [0.2, 0.25) is 0 Å². The third kappa shape index (κ3) is 4.37. The topological polar surface area (TPSA) is 77.7 Å². The number of amides is 1. The predicted octanol–water partition coefficient (Wildman–Crippen LogP) is 4.57. The summed E-state index contributed by atoms with van der Waals surface area (Å²) >= 11 is 0. The number of nitrogens with zero attached hydrogens (tertiary/aromatic N) is 3. The molecule has 0 saturated carbocycles. The number of methoxy groups -OCH3 is 1. The van der Waals surface area contributed by atoms with E-state index in [4.69, 9.17) is 14.0 Å². The van der Waals surface area contributed by atoms with Gasteiger partial charge in [0.05, 0.1) is 18.2 Å². The molecule has 1 aliphatic rings. The molecule has 4 rings (SSSR count). The molecule has 0 N–H and O–H groups in total. The van der Waals surface area contributed by atoms with Gasteiger partial charge in [0, 0.05) is 30.3 Å². The van der Waals surface area contributed by atoms with E-state index < -0.39 is 6.43 Å². The number of alkyl halides is 2. The summed E-state index contributed by atoms with van der Waals surface area (Å²) in [6, 6.07) is 6.91. The van der Waals surface area contributed by atoms with Crippen molar-refractivity contribution in [2.24, 2.45) is 0 Å². The molecule has 170 valence electrons. The van der Waals surface area contributed by atoms with Gasteiger partial charge in [0.2, 0.25) is 0 Å². The first-order valence-corrected chi connectivity index (χ1v) is 10.5. The fraction of sp³-hybridized carbons (Fsp3) is 0.435. The number of aryl methyl sites for hydroxylation is 2. The van der Waals surface area contributed by atoms with E-state index in [2.05, 4.69) is 10.1 Å². The van der Waals surface area contributed by atoms with Crippen LogP contribution in [0.25, 0.3) is 11.1 Å². The Kier molecular flexibility index (Phi) is 6.25. The number of ether oxygens (including phenoxy) is 2. The average Bonchev–Trinajstić information content (AvgIpc) is 3.18. The monoisotopic (exact) mass is 445 g/mol. The molecule has 1 saturated heterocycles. The molecular weight excluding hydrogens is 420 g/mol. The number of hydrogen-bond donors (Lipinski definition) is 0. The minimum absolute atomic E-state index is 0.105. The molecule has 7 nitrogen and oxygen atoms in total. The number of benzene rings is 1. The highest BCUT2D eigenvalue weighted by Gasteiger charge is 2.29. The van der Waals surface area contributed by atoms with Crippen LogP contribution in [0.15, 0.2) is 28.8 Å². The van der Waals surface area contributed by atoms with Gasteiger partial charge in [-0.25, -0.2) is 13.8 Å². The summed E-state index contributed by atoms with van der Waals surface area (Å²) in [6.45, 7) is 4.37. The molecule has 0 spiro atoms. The van der Waals surface area contributed by atoms with Crippen molar-refractivity contribution in [1.29, 1.82) is 0 Å². The van der Waals surface area contributed by atoms with Crippen molar-refractivity contribution in [2.45, 2.75) is 39.0 Å². The van der Waals surface area contributed by atoms with Crippen LogP contribution in [0.5, 0.6) is 11.5 Å². The molecule has 32 heavy (non-hydrogen) atoms. The number of pyridine rings is 1. The Balaban J connectivity index is 1.48. The van der Waals surface area contributed by atoms with Crippen LogP contribution in [-0.4, -0.2) is 47.8 Å². The van der Waals surface area contributed by atoms with Crippen LogP contribution >= 0.6 is 0 Å². The summed E-state index contributed by atoms with van der Waals surface area (Å²) in [7, 11) is 1.55. The number of piperidine rings is 1. The summed E-state index contributed by atoms with van der Waals surface area (Å²) < 4.78 is 43.5. The van der Waals surface area contributed by atoms with Crippen LogP contribution < -0.4 is 9.47 Å². The van der Waals surface area contributed by atoms with Crippen molar-refractivity contribution < 1.29 is 27.6 Å². The Morgan fingerprint density at radius 1 is 1.28 bits per heavy atom. The maximum atomic E-state index is 13.7. The highest BCUT2D eigenvalue weighted by Crippen LogP contribution is 2.34. The molecule has 1 amide bonds. The summed E-state index contributed by atoms with van der Waals surface area (Å²) in [5, 5.41) is 4.04. The van der Waals surface area contributed by atoms with Gasteiger partial charge in [-0.1, -0.05) is 11.2 Å². The molecule has 1 aliphatic heterocycles. The highest BCUT2D eigenvalue weighted by atomic mass is 19.3. The van der Waals surface area contributed by atoms with E-state index in [1.165, 1.54) is 6.07 Å². The van der Waals surface area contributed by atoms with E-state index in [1.807, 2.05) is 19.1 Å². The van der Waals surface area contributed by atoms with Gasteiger partial charge >= 0.3 is 0 Å². The summed E-state index contributed by atoms with van der Waals surface area (Å²) in [6.07, 6.45) is -1.19. The van der Waals surface area contributed by atoms with Gasteiger partial charge in [0.1, 0.15) is 0 Å². The first-order chi connectivity index (χ1) is 15.4. The zero-order valence-electron chi connectivity index (χ0n) is 18.2. The molecular formula is C23H25F2N3O4. The van der Waals surface area contributed by atoms with Crippen molar-refractivity contribution in [3.8, 4) is 11.5 Å². The smallest absolute Gasteiger partial charge is 0.264 e. The molecule has 1 aromatic carbocycles. The lowest BCUT2D eigenvalue weighted by Gasteiger charge is -2.32. The van der Waals surface area contributed by atoms with E-state index >= 15 is 0 Å². The standard InChI is InChI=1S/C23H25F2N3O4/c1-13-6-7-18(19(9-13)30-3)31-12-20(29)28-8-4-5-15(11-28)17-10-16(22(24)25)21-14(2)27-32-23(21)26-17/h6-7,9-10,15,22H,4-5,8,11-12H2,1-3H3. The molecule has 9 heteroatoms. The first-order valence-electron chi connectivity index (χ1n) is 10.5. The maximum absolute atomic E-state index is 13.7. The Bertz CT molecular complexity index is 1130. The Morgan fingerprint density at radius 3 is 2.84 bits per heavy atom. The number of carbonyl (C=O) groups is 1. The number of likely N-dealkylation sites (tertiary alicyclic amines) is 1. The molecule has 1 unspecified atom stereocenters. The number of aromatic nitrogens is 2. The van der Waals surface area contributed by atoms with E-state index in [0.29, 0.717) is 36.0 Å². The number of halogens is 2. The van der Waals surface area contributed by atoms with Crippen LogP contribution in [0, 0.1) is 13.8 Å². The van der Waals surface area contributed by atoms with Crippen molar-refractivity contribution in [1.82, 2.24) is 15.0 Å². The minimum Gasteiger partial charge on any atom is -0.493 e. The number of hydrogen-bond acceptors (Lipinski definition) is 6. The molecule has 3 heterocycles. The van der Waals surface area contributed by atoms with Gasteiger partial charge in [-0.15, -0.1) is 0 Å². The fourth-order valence-electron chi connectivity index (χ4n) is 4.10. The van der Waals surface area contributed by atoms with Crippen molar-refractivity contribution in [2.75, 3.05) is 26.8 Å². The molecule has 1 atom stereocenters. The van der Waals surface area contributed by atoms with Gasteiger partial charge in [-0.3, -0.25) is 4.79 Å². The lowest BCUT2D eigenvalue weighted by atomic mass is 9.93. The third-order valence-corrected chi connectivity index (χ3v) is 5.77. The second kappa shape index (κ2) is 9.10. The van der Waals surface area contributed by atoms with Gasteiger partial charge in [-0.2, -0.15) is 0 Å². The Hall–Kier alpha value is -3.23. The SMILES string of the molecule is COc1cc(C)ccc1OCC(=O)N1CCCC(c2cc(C(F)F)c3c(C)noc3n2)C1. The van der Waals surface area contributed by atoms with Gasteiger partial charge < -0.3 is 18.9 Å². The normalized spacial score (nSPS) is 16.6. The number of rotatable bonds is 6. The summed E-state index contributed by atoms with van der Waals surface area (Å²) in [5.41, 5.74) is 1.87. The first kappa shape index (κ1) is 22.0. The summed E-state index contributed by atoms with van der Waals surface area (Å²) in [5.74, 6) is 0.708.